The number of nitrogens with one attached hydrogen (secondary N) is 2. The molecule has 112 valence electrons. The lowest BCUT2D eigenvalue weighted by atomic mass is 10.1. The van der Waals surface area contributed by atoms with E-state index in [1.54, 1.807) is 6.20 Å². The minimum atomic E-state index is -0.100. The molecule has 2 N–H and O–H groups in total. The summed E-state index contributed by atoms with van der Waals surface area (Å²) in [6.07, 6.45) is 4.84. The number of nitrogens with zero attached hydrogens (tertiary/aromatic N) is 2. The van der Waals surface area contributed by atoms with Gasteiger partial charge in [-0.05, 0) is 46.6 Å². The van der Waals surface area contributed by atoms with Crippen molar-refractivity contribution in [2.24, 2.45) is 0 Å². The highest BCUT2D eigenvalue weighted by Crippen LogP contribution is 2.19. The summed E-state index contributed by atoms with van der Waals surface area (Å²) in [4.78, 5) is 12.3. The van der Waals surface area contributed by atoms with Crippen LogP contribution in [0.5, 0.6) is 0 Å². The van der Waals surface area contributed by atoms with Gasteiger partial charge in [0, 0.05) is 12.6 Å². The van der Waals surface area contributed by atoms with E-state index in [2.05, 4.69) is 43.4 Å². The summed E-state index contributed by atoms with van der Waals surface area (Å²) in [7, 11) is 0. The molecule has 0 spiro atoms. The summed E-state index contributed by atoms with van der Waals surface area (Å²) in [5, 5.41) is 10.8. The van der Waals surface area contributed by atoms with Gasteiger partial charge in [0.2, 0.25) is 0 Å². The molecule has 1 unspecified atom stereocenters. The standard InChI is InChI=1S/C15H26N4O/c1-5-13-12(10-18-19(13)15(2,3)4)14(20)17-9-11-7-6-8-16-11/h10-11,16H,5-9H2,1-4H3,(H,17,20). The van der Waals surface area contributed by atoms with E-state index in [1.165, 1.54) is 6.42 Å². The largest absolute Gasteiger partial charge is 0.350 e. The summed E-state index contributed by atoms with van der Waals surface area (Å²) >= 11 is 0. The van der Waals surface area contributed by atoms with Crippen LogP contribution in [-0.4, -0.2) is 34.8 Å². The molecular weight excluding hydrogens is 252 g/mol. The van der Waals surface area contributed by atoms with E-state index >= 15 is 0 Å². The van der Waals surface area contributed by atoms with Crippen molar-refractivity contribution in [1.82, 2.24) is 20.4 Å². The van der Waals surface area contributed by atoms with Crippen molar-refractivity contribution in [2.45, 2.75) is 58.5 Å². The molecule has 1 aromatic heterocycles. The topological polar surface area (TPSA) is 59.0 Å². The molecule has 1 aromatic rings. The van der Waals surface area contributed by atoms with E-state index in [4.69, 9.17) is 0 Å². The molecular formula is C15H26N4O. The minimum Gasteiger partial charge on any atom is -0.350 e. The third-order valence-electron chi connectivity index (χ3n) is 3.76. The Kier molecular flexibility index (Phi) is 4.48. The molecule has 1 aliphatic rings. The van der Waals surface area contributed by atoms with Crippen LogP contribution >= 0.6 is 0 Å². The van der Waals surface area contributed by atoms with E-state index < -0.39 is 0 Å². The van der Waals surface area contributed by atoms with E-state index in [0.717, 1.165) is 25.1 Å². The van der Waals surface area contributed by atoms with E-state index in [-0.39, 0.29) is 11.4 Å². The second kappa shape index (κ2) is 5.95. The average Bonchev–Trinajstić information content (AvgIpc) is 3.03. The monoisotopic (exact) mass is 278 g/mol. The molecule has 5 nitrogen and oxygen atoms in total. The first kappa shape index (κ1) is 15.0. The predicted octanol–water partition coefficient (Wildman–Crippen LogP) is 1.68. The third kappa shape index (κ3) is 3.20. The van der Waals surface area contributed by atoms with Crippen LogP contribution in [-0.2, 0) is 12.0 Å². The number of hydrogen-bond donors (Lipinski definition) is 2. The molecule has 5 heteroatoms. The molecule has 0 aliphatic carbocycles. The maximum atomic E-state index is 12.3. The summed E-state index contributed by atoms with van der Waals surface area (Å²) < 4.78 is 1.95. The van der Waals surface area contributed by atoms with Crippen LogP contribution < -0.4 is 10.6 Å². The van der Waals surface area contributed by atoms with Crippen LogP contribution in [0.3, 0.4) is 0 Å². The Morgan fingerprint density at radius 1 is 1.55 bits per heavy atom. The number of carbonyl (C=O) groups is 1. The summed E-state index contributed by atoms with van der Waals surface area (Å²) in [5.74, 6) is -0.00829. The molecule has 1 amide bonds. The average molecular weight is 278 g/mol. The van der Waals surface area contributed by atoms with Gasteiger partial charge in [-0.25, -0.2) is 0 Å². The summed E-state index contributed by atoms with van der Waals surface area (Å²) in [5.41, 5.74) is 1.62. The number of carbonyl (C=O) groups excluding carboxylic acids is 1. The Morgan fingerprint density at radius 3 is 2.85 bits per heavy atom. The van der Waals surface area contributed by atoms with Gasteiger partial charge in [0.1, 0.15) is 0 Å². The van der Waals surface area contributed by atoms with Crippen molar-refractivity contribution in [1.29, 1.82) is 0 Å². The number of aromatic nitrogens is 2. The number of hydrogen-bond acceptors (Lipinski definition) is 3. The van der Waals surface area contributed by atoms with E-state index in [1.807, 2.05) is 4.68 Å². The number of amides is 1. The van der Waals surface area contributed by atoms with Gasteiger partial charge < -0.3 is 10.6 Å². The molecule has 1 fully saturated rings. The van der Waals surface area contributed by atoms with E-state index in [0.29, 0.717) is 18.2 Å². The van der Waals surface area contributed by atoms with Gasteiger partial charge in [0.05, 0.1) is 23.0 Å². The SMILES string of the molecule is CCc1c(C(=O)NCC2CCCN2)cnn1C(C)(C)C. The second-order valence-electron chi connectivity index (χ2n) is 6.44. The quantitative estimate of drug-likeness (QED) is 0.881. The molecule has 0 saturated carbocycles. The van der Waals surface area contributed by atoms with Gasteiger partial charge in [0.15, 0.2) is 0 Å². The predicted molar refractivity (Wildman–Crippen MR) is 80.0 cm³/mol. The Hall–Kier alpha value is -1.36. The molecule has 0 aromatic carbocycles. The lowest BCUT2D eigenvalue weighted by molar-refractivity contribution is 0.0949. The van der Waals surface area contributed by atoms with Crippen LogP contribution in [0.2, 0.25) is 0 Å². The van der Waals surface area contributed by atoms with Crippen LogP contribution in [0, 0.1) is 0 Å². The molecule has 1 saturated heterocycles. The molecule has 2 heterocycles. The third-order valence-corrected chi connectivity index (χ3v) is 3.76. The maximum Gasteiger partial charge on any atom is 0.254 e. The molecule has 0 radical (unpaired) electrons. The normalized spacial score (nSPS) is 19.3. The van der Waals surface area contributed by atoms with Crippen molar-refractivity contribution in [3.05, 3.63) is 17.5 Å². The zero-order valence-corrected chi connectivity index (χ0v) is 13.0. The smallest absolute Gasteiger partial charge is 0.254 e. The lowest BCUT2D eigenvalue weighted by Gasteiger charge is -2.22. The Balaban J connectivity index is 2.07. The highest BCUT2D eigenvalue weighted by molar-refractivity contribution is 5.95. The van der Waals surface area contributed by atoms with Gasteiger partial charge in [0.25, 0.3) is 5.91 Å². The first-order chi connectivity index (χ1) is 9.43. The van der Waals surface area contributed by atoms with Gasteiger partial charge in [-0.1, -0.05) is 6.92 Å². The maximum absolute atomic E-state index is 12.3. The Bertz CT molecular complexity index is 467. The van der Waals surface area contributed by atoms with Crippen molar-refractivity contribution >= 4 is 5.91 Å². The zero-order valence-electron chi connectivity index (χ0n) is 13.0. The van der Waals surface area contributed by atoms with Gasteiger partial charge in [-0.15, -0.1) is 0 Å². The van der Waals surface area contributed by atoms with Gasteiger partial charge in [-0.2, -0.15) is 5.10 Å². The molecule has 2 rings (SSSR count). The van der Waals surface area contributed by atoms with Crippen LogP contribution in [0.15, 0.2) is 6.20 Å². The molecule has 1 aliphatic heterocycles. The Morgan fingerprint density at radius 2 is 2.30 bits per heavy atom. The van der Waals surface area contributed by atoms with Gasteiger partial charge >= 0.3 is 0 Å². The van der Waals surface area contributed by atoms with Crippen molar-refractivity contribution in [3.63, 3.8) is 0 Å². The first-order valence-corrected chi connectivity index (χ1v) is 7.52. The van der Waals surface area contributed by atoms with Crippen LogP contribution in [0.4, 0.5) is 0 Å². The molecule has 20 heavy (non-hydrogen) atoms. The number of rotatable bonds is 4. The fraction of sp³-hybridized carbons (Fsp3) is 0.733. The highest BCUT2D eigenvalue weighted by Gasteiger charge is 2.23. The fourth-order valence-electron chi connectivity index (χ4n) is 2.72. The van der Waals surface area contributed by atoms with Crippen molar-refractivity contribution in [2.75, 3.05) is 13.1 Å². The van der Waals surface area contributed by atoms with Gasteiger partial charge in [-0.3, -0.25) is 9.48 Å². The first-order valence-electron chi connectivity index (χ1n) is 7.52. The lowest BCUT2D eigenvalue weighted by Crippen LogP contribution is -2.37. The van der Waals surface area contributed by atoms with Crippen molar-refractivity contribution in [3.8, 4) is 0 Å². The summed E-state index contributed by atoms with van der Waals surface area (Å²) in [6, 6.07) is 0.418. The van der Waals surface area contributed by atoms with Crippen LogP contribution in [0.1, 0.15) is 56.6 Å². The second-order valence-corrected chi connectivity index (χ2v) is 6.44. The fourth-order valence-corrected chi connectivity index (χ4v) is 2.72. The minimum absolute atomic E-state index is 0.00829. The Labute approximate surface area is 121 Å². The van der Waals surface area contributed by atoms with Crippen molar-refractivity contribution < 1.29 is 4.79 Å². The van der Waals surface area contributed by atoms with Crippen LogP contribution in [0.25, 0.3) is 0 Å². The summed E-state index contributed by atoms with van der Waals surface area (Å²) in [6.45, 7) is 10.1. The highest BCUT2D eigenvalue weighted by atomic mass is 16.1. The zero-order chi connectivity index (χ0) is 14.8. The molecule has 1 atom stereocenters. The molecule has 0 bridgehead atoms. The van der Waals surface area contributed by atoms with E-state index in [9.17, 15) is 4.79 Å².